The third-order valence-corrected chi connectivity index (χ3v) is 4.15. The first kappa shape index (κ1) is 17.3. The zero-order valence-electron chi connectivity index (χ0n) is 13.4. The van der Waals surface area contributed by atoms with Crippen molar-refractivity contribution in [3.63, 3.8) is 0 Å². The molecular weight excluding hydrogens is 290 g/mol. The van der Waals surface area contributed by atoms with E-state index in [0.29, 0.717) is 18.3 Å². The van der Waals surface area contributed by atoms with E-state index in [1.54, 1.807) is 6.07 Å². The Balaban J connectivity index is 1.60. The minimum absolute atomic E-state index is 0.214. The van der Waals surface area contributed by atoms with E-state index in [1.165, 1.54) is 6.42 Å². The van der Waals surface area contributed by atoms with Crippen molar-refractivity contribution in [2.45, 2.75) is 31.7 Å². The smallest absolute Gasteiger partial charge is 0.319 e. The van der Waals surface area contributed by atoms with Crippen molar-refractivity contribution in [1.82, 2.24) is 10.2 Å². The topological polar surface area (TPSA) is 64.6 Å². The van der Waals surface area contributed by atoms with Crippen LogP contribution < -0.4 is 10.6 Å². The summed E-state index contributed by atoms with van der Waals surface area (Å²) < 4.78 is 0. The third-order valence-electron chi connectivity index (χ3n) is 4.15. The standard InChI is InChI=1S/C18H25N3O2/c1-2-15-7-5-8-16(13-15)20-18(23)19-10-3-4-11-21-12-6-9-17(21)14-22/h1,5,7-8,13,17,22H,3-4,6,9-12,14H2,(H2,19,20,23). The normalized spacial score (nSPS) is 17.7. The second kappa shape index (κ2) is 9.19. The molecule has 0 spiro atoms. The molecule has 1 aliphatic rings. The molecule has 0 saturated carbocycles. The number of hydrogen-bond donors (Lipinski definition) is 3. The van der Waals surface area contributed by atoms with Gasteiger partial charge in [-0.15, -0.1) is 6.42 Å². The van der Waals surface area contributed by atoms with Gasteiger partial charge in [-0.1, -0.05) is 12.0 Å². The molecule has 0 aliphatic carbocycles. The van der Waals surface area contributed by atoms with Crippen molar-refractivity contribution >= 4 is 11.7 Å². The van der Waals surface area contributed by atoms with E-state index in [-0.39, 0.29) is 12.6 Å². The van der Waals surface area contributed by atoms with Crippen LogP contribution in [-0.4, -0.2) is 48.3 Å². The summed E-state index contributed by atoms with van der Waals surface area (Å²) in [5, 5.41) is 14.9. The molecule has 1 aromatic carbocycles. The molecule has 0 radical (unpaired) electrons. The van der Waals surface area contributed by atoms with Crippen LogP contribution in [0.25, 0.3) is 0 Å². The van der Waals surface area contributed by atoms with Crippen molar-refractivity contribution in [3.05, 3.63) is 29.8 Å². The Morgan fingerprint density at radius 1 is 1.43 bits per heavy atom. The number of terminal acetylenes is 1. The zero-order valence-corrected chi connectivity index (χ0v) is 13.4. The number of nitrogens with one attached hydrogen (secondary N) is 2. The summed E-state index contributed by atoms with van der Waals surface area (Å²) in [4.78, 5) is 14.2. The number of aliphatic hydroxyl groups is 1. The van der Waals surface area contributed by atoms with E-state index in [0.717, 1.165) is 37.9 Å². The molecule has 1 unspecified atom stereocenters. The fraction of sp³-hybridized carbons (Fsp3) is 0.500. The van der Waals surface area contributed by atoms with Crippen LogP contribution in [0.15, 0.2) is 24.3 Å². The molecule has 5 nitrogen and oxygen atoms in total. The Bertz CT molecular complexity index is 553. The fourth-order valence-electron chi connectivity index (χ4n) is 2.90. The summed E-state index contributed by atoms with van der Waals surface area (Å²) in [5.41, 5.74) is 1.44. The van der Waals surface area contributed by atoms with Crippen molar-refractivity contribution < 1.29 is 9.90 Å². The van der Waals surface area contributed by atoms with Gasteiger partial charge in [-0.05, 0) is 57.0 Å². The number of amides is 2. The van der Waals surface area contributed by atoms with Gasteiger partial charge < -0.3 is 15.7 Å². The van der Waals surface area contributed by atoms with Crippen LogP contribution in [0.1, 0.15) is 31.2 Å². The van der Waals surface area contributed by atoms with Gasteiger partial charge in [-0.25, -0.2) is 4.79 Å². The quantitative estimate of drug-likeness (QED) is 0.533. The van der Waals surface area contributed by atoms with Gasteiger partial charge in [0.15, 0.2) is 0 Å². The second-order valence-electron chi connectivity index (χ2n) is 5.83. The minimum Gasteiger partial charge on any atom is -0.395 e. The number of nitrogens with zero attached hydrogens (tertiary/aromatic N) is 1. The maximum absolute atomic E-state index is 11.8. The van der Waals surface area contributed by atoms with E-state index in [2.05, 4.69) is 21.5 Å². The van der Waals surface area contributed by atoms with Gasteiger partial charge in [0.25, 0.3) is 0 Å². The fourth-order valence-corrected chi connectivity index (χ4v) is 2.90. The minimum atomic E-state index is -0.214. The molecule has 0 bridgehead atoms. The Morgan fingerprint density at radius 3 is 3.09 bits per heavy atom. The van der Waals surface area contributed by atoms with Crippen LogP contribution in [-0.2, 0) is 0 Å². The van der Waals surface area contributed by atoms with E-state index in [9.17, 15) is 9.90 Å². The maximum atomic E-state index is 11.8. The lowest BCUT2D eigenvalue weighted by Crippen LogP contribution is -2.34. The number of carbonyl (C=O) groups is 1. The first-order valence-electron chi connectivity index (χ1n) is 8.19. The molecule has 1 atom stereocenters. The maximum Gasteiger partial charge on any atom is 0.319 e. The molecule has 2 rings (SSSR count). The van der Waals surface area contributed by atoms with Gasteiger partial charge in [-0.3, -0.25) is 4.90 Å². The molecule has 1 heterocycles. The first-order valence-corrected chi connectivity index (χ1v) is 8.19. The lowest BCUT2D eigenvalue weighted by Gasteiger charge is -2.22. The van der Waals surface area contributed by atoms with Crippen LogP contribution in [0.2, 0.25) is 0 Å². The van der Waals surface area contributed by atoms with Crippen LogP contribution in [0.5, 0.6) is 0 Å². The molecule has 124 valence electrons. The SMILES string of the molecule is C#Cc1cccc(NC(=O)NCCCCN2CCCC2CO)c1. The van der Waals surface area contributed by atoms with Gasteiger partial charge in [0.1, 0.15) is 0 Å². The molecule has 0 aromatic heterocycles. The highest BCUT2D eigenvalue weighted by molar-refractivity contribution is 5.89. The molecule has 3 N–H and O–H groups in total. The Labute approximate surface area is 138 Å². The number of hydrogen-bond acceptors (Lipinski definition) is 3. The highest BCUT2D eigenvalue weighted by Gasteiger charge is 2.22. The monoisotopic (exact) mass is 315 g/mol. The van der Waals surface area contributed by atoms with E-state index in [1.807, 2.05) is 18.2 Å². The number of carbonyl (C=O) groups excluding carboxylic acids is 1. The van der Waals surface area contributed by atoms with Crippen LogP contribution in [0, 0.1) is 12.3 Å². The van der Waals surface area contributed by atoms with E-state index in [4.69, 9.17) is 6.42 Å². The van der Waals surface area contributed by atoms with E-state index >= 15 is 0 Å². The summed E-state index contributed by atoms with van der Waals surface area (Å²) in [7, 11) is 0. The molecule has 1 fully saturated rings. The predicted octanol–water partition coefficient (Wildman–Crippen LogP) is 2.03. The van der Waals surface area contributed by atoms with Crippen LogP contribution >= 0.6 is 0 Å². The van der Waals surface area contributed by atoms with Crippen molar-refractivity contribution in [2.75, 3.05) is 31.6 Å². The number of anilines is 1. The average molecular weight is 315 g/mol. The summed E-state index contributed by atoms with van der Waals surface area (Å²) >= 11 is 0. The van der Waals surface area contributed by atoms with Gasteiger partial charge in [0.05, 0.1) is 6.61 Å². The molecule has 1 saturated heterocycles. The van der Waals surface area contributed by atoms with Gasteiger partial charge in [0, 0.05) is 23.8 Å². The van der Waals surface area contributed by atoms with Gasteiger partial charge in [-0.2, -0.15) is 0 Å². The number of unbranched alkanes of at least 4 members (excludes halogenated alkanes) is 1. The summed E-state index contributed by atoms with van der Waals surface area (Å²) in [5.74, 6) is 2.54. The molecular formula is C18H25N3O2. The predicted molar refractivity (Wildman–Crippen MR) is 92.3 cm³/mol. The van der Waals surface area contributed by atoms with Crippen molar-refractivity contribution in [1.29, 1.82) is 0 Å². The van der Waals surface area contributed by atoms with Crippen molar-refractivity contribution in [2.24, 2.45) is 0 Å². The van der Waals surface area contributed by atoms with Gasteiger partial charge >= 0.3 is 6.03 Å². The highest BCUT2D eigenvalue weighted by Crippen LogP contribution is 2.16. The summed E-state index contributed by atoms with van der Waals surface area (Å²) in [6, 6.07) is 7.33. The third kappa shape index (κ3) is 5.59. The number of rotatable bonds is 7. The number of benzene rings is 1. The molecule has 5 heteroatoms. The lowest BCUT2D eigenvalue weighted by molar-refractivity contribution is 0.157. The average Bonchev–Trinajstić information content (AvgIpc) is 3.02. The Kier molecular flexibility index (Phi) is 6.92. The Hall–Kier alpha value is -2.03. The molecule has 1 aromatic rings. The van der Waals surface area contributed by atoms with Crippen LogP contribution in [0.3, 0.4) is 0 Å². The first-order chi connectivity index (χ1) is 11.2. The Morgan fingerprint density at radius 2 is 2.30 bits per heavy atom. The number of aliphatic hydroxyl groups excluding tert-OH is 1. The lowest BCUT2D eigenvalue weighted by atomic mass is 10.2. The highest BCUT2D eigenvalue weighted by atomic mass is 16.3. The van der Waals surface area contributed by atoms with Gasteiger partial charge in [0.2, 0.25) is 0 Å². The zero-order chi connectivity index (χ0) is 16.5. The van der Waals surface area contributed by atoms with Crippen molar-refractivity contribution in [3.8, 4) is 12.3 Å². The summed E-state index contributed by atoms with van der Waals surface area (Å²) in [6.45, 7) is 2.94. The summed E-state index contributed by atoms with van der Waals surface area (Å²) in [6.07, 6.45) is 9.54. The number of likely N-dealkylation sites (tertiary alicyclic amines) is 1. The molecule has 2 amide bonds. The molecule has 23 heavy (non-hydrogen) atoms. The second-order valence-corrected chi connectivity index (χ2v) is 5.83. The van der Waals surface area contributed by atoms with E-state index < -0.39 is 0 Å². The largest absolute Gasteiger partial charge is 0.395 e. The number of urea groups is 1. The molecule has 1 aliphatic heterocycles. The van der Waals surface area contributed by atoms with Crippen LogP contribution in [0.4, 0.5) is 10.5 Å².